The number of aryl methyl sites for hydroxylation is 1. The van der Waals surface area contributed by atoms with E-state index in [-0.39, 0.29) is 6.54 Å². The highest BCUT2D eigenvalue weighted by Crippen LogP contribution is 2.32. The molecule has 0 saturated carbocycles. The zero-order chi connectivity index (χ0) is 28.1. The molecule has 0 radical (unpaired) electrons. The molecule has 0 spiro atoms. The lowest BCUT2D eigenvalue weighted by Crippen LogP contribution is -2.41. The first kappa shape index (κ1) is 28.2. The Morgan fingerprint density at radius 1 is 1.02 bits per heavy atom. The van der Waals surface area contributed by atoms with Gasteiger partial charge in [0.2, 0.25) is 0 Å². The van der Waals surface area contributed by atoms with Crippen LogP contribution in [-0.4, -0.2) is 78.0 Å². The summed E-state index contributed by atoms with van der Waals surface area (Å²) in [7, 11) is 1.22. The largest absolute Gasteiger partial charge is 0.462 e. The molecule has 208 valence electrons. The van der Waals surface area contributed by atoms with Crippen LogP contribution in [0.4, 0.5) is 0 Å². The first-order valence-electron chi connectivity index (χ1n) is 13.3. The minimum atomic E-state index is -0.867. The summed E-state index contributed by atoms with van der Waals surface area (Å²) in [6.07, 6.45) is 1.54. The van der Waals surface area contributed by atoms with Gasteiger partial charge in [-0.25, -0.2) is 4.79 Å². The first-order chi connectivity index (χ1) is 19.4. The van der Waals surface area contributed by atoms with Crippen molar-refractivity contribution in [2.24, 2.45) is 0 Å². The van der Waals surface area contributed by atoms with E-state index in [1.54, 1.807) is 12.1 Å². The van der Waals surface area contributed by atoms with Gasteiger partial charge in [0, 0.05) is 72.1 Å². The van der Waals surface area contributed by atoms with Crippen LogP contribution in [-0.2, 0) is 38.6 Å². The third-order valence-corrected chi connectivity index (χ3v) is 7.74. The van der Waals surface area contributed by atoms with Gasteiger partial charge >= 0.3 is 11.9 Å². The zero-order valence-electron chi connectivity index (χ0n) is 22.3. The fourth-order valence-electron chi connectivity index (χ4n) is 5.01. The predicted octanol–water partition coefficient (Wildman–Crippen LogP) is 4.04. The van der Waals surface area contributed by atoms with E-state index in [2.05, 4.69) is 26.2 Å². The Hall–Kier alpha value is -3.35. The number of benzene rings is 2. The number of esters is 1. The van der Waals surface area contributed by atoms with Crippen LogP contribution in [0.5, 0.6) is 0 Å². The molecule has 3 aromatic rings. The van der Waals surface area contributed by atoms with E-state index < -0.39 is 11.9 Å². The second kappa shape index (κ2) is 12.9. The van der Waals surface area contributed by atoms with Crippen molar-refractivity contribution in [1.82, 2.24) is 19.6 Å². The highest BCUT2D eigenvalue weighted by atomic mass is 35.5. The fraction of sp³-hybridized carbons (Fsp3) is 0.367. The van der Waals surface area contributed by atoms with Gasteiger partial charge in [0.05, 0.1) is 37.6 Å². The van der Waals surface area contributed by atoms with Crippen molar-refractivity contribution in [3.05, 3.63) is 74.9 Å². The SMILES string of the molecule is COC(=O)C(=O)N1CCc2c(c(-c3ccc(Cl)c(C#Cc4ccc(Cl)cc4)c3)nn2CCCN2CCOCC2)C1. The van der Waals surface area contributed by atoms with Crippen molar-refractivity contribution in [2.45, 2.75) is 25.9 Å². The predicted molar refractivity (Wildman–Crippen MR) is 153 cm³/mol. The topological polar surface area (TPSA) is 76.9 Å². The van der Waals surface area contributed by atoms with Crippen LogP contribution in [0.25, 0.3) is 11.3 Å². The molecule has 2 aromatic carbocycles. The Balaban J connectivity index is 1.45. The lowest BCUT2D eigenvalue weighted by molar-refractivity contribution is -0.158. The highest BCUT2D eigenvalue weighted by Gasteiger charge is 2.31. The molecule has 1 fully saturated rings. The summed E-state index contributed by atoms with van der Waals surface area (Å²) in [6.45, 7) is 5.84. The molecule has 40 heavy (non-hydrogen) atoms. The third kappa shape index (κ3) is 6.51. The maximum absolute atomic E-state index is 12.6. The number of hydrogen-bond acceptors (Lipinski definition) is 6. The molecule has 0 unspecified atom stereocenters. The van der Waals surface area contributed by atoms with E-state index >= 15 is 0 Å². The van der Waals surface area contributed by atoms with Crippen LogP contribution in [0.2, 0.25) is 10.0 Å². The summed E-state index contributed by atoms with van der Waals surface area (Å²) in [4.78, 5) is 28.6. The molecular weight excluding hydrogens is 551 g/mol. The van der Waals surface area contributed by atoms with Crippen LogP contribution in [0.15, 0.2) is 42.5 Å². The van der Waals surface area contributed by atoms with Crippen molar-refractivity contribution in [3.63, 3.8) is 0 Å². The van der Waals surface area contributed by atoms with Gasteiger partial charge in [-0.2, -0.15) is 5.10 Å². The molecule has 0 bridgehead atoms. The van der Waals surface area contributed by atoms with Crippen molar-refractivity contribution in [2.75, 3.05) is 46.5 Å². The maximum atomic E-state index is 12.6. The number of amides is 1. The number of carbonyl (C=O) groups is 2. The Bertz CT molecular complexity index is 1450. The molecule has 1 aromatic heterocycles. The van der Waals surface area contributed by atoms with Crippen LogP contribution in [0, 0.1) is 11.8 Å². The minimum absolute atomic E-state index is 0.274. The van der Waals surface area contributed by atoms with E-state index in [9.17, 15) is 9.59 Å². The van der Waals surface area contributed by atoms with E-state index in [4.69, 9.17) is 33.0 Å². The summed E-state index contributed by atoms with van der Waals surface area (Å²) in [5, 5.41) is 6.20. The van der Waals surface area contributed by atoms with E-state index in [0.717, 1.165) is 73.9 Å². The number of halogens is 2. The van der Waals surface area contributed by atoms with Gasteiger partial charge in [-0.1, -0.05) is 41.1 Å². The lowest BCUT2D eigenvalue weighted by atomic mass is 9.99. The Morgan fingerprint density at radius 2 is 1.80 bits per heavy atom. The number of aromatic nitrogens is 2. The number of carbonyl (C=O) groups excluding carboxylic acids is 2. The smallest absolute Gasteiger partial charge is 0.396 e. The number of fused-ring (bicyclic) bond motifs is 1. The summed E-state index contributed by atoms with van der Waals surface area (Å²) in [6, 6.07) is 13.0. The van der Waals surface area contributed by atoms with Gasteiger partial charge < -0.3 is 14.4 Å². The molecule has 2 aliphatic rings. The average Bonchev–Trinajstić information content (AvgIpc) is 3.35. The average molecular weight is 582 g/mol. The van der Waals surface area contributed by atoms with Crippen LogP contribution in [0.3, 0.4) is 0 Å². The lowest BCUT2D eigenvalue weighted by Gasteiger charge is -2.28. The van der Waals surface area contributed by atoms with Gasteiger partial charge in [-0.3, -0.25) is 14.4 Å². The second-order valence-electron chi connectivity index (χ2n) is 9.72. The number of methoxy groups -OCH3 is 1. The molecule has 1 amide bonds. The summed E-state index contributed by atoms with van der Waals surface area (Å²) >= 11 is 12.5. The molecule has 10 heteroatoms. The maximum Gasteiger partial charge on any atom is 0.396 e. The molecule has 2 aliphatic heterocycles. The third-order valence-electron chi connectivity index (χ3n) is 7.15. The Morgan fingerprint density at radius 3 is 2.55 bits per heavy atom. The standard InChI is InChI=1S/C30H30Cl2N4O4/c1-39-30(38)29(37)35-14-11-27-25(20-35)28(33-36(27)13-2-12-34-15-17-40-18-16-34)23-7-10-26(32)22(19-23)6-3-21-4-8-24(31)9-5-21/h4-5,7-10,19H,2,11-18,20H2,1H3. The molecule has 0 N–H and O–H groups in total. The molecule has 3 heterocycles. The molecular formula is C30H30Cl2N4O4. The van der Waals surface area contributed by atoms with Crippen LogP contribution in [0.1, 0.15) is 28.8 Å². The van der Waals surface area contributed by atoms with Gasteiger partial charge in [0.25, 0.3) is 0 Å². The number of nitrogens with zero attached hydrogens (tertiary/aromatic N) is 4. The zero-order valence-corrected chi connectivity index (χ0v) is 23.8. The van der Waals surface area contributed by atoms with Gasteiger partial charge in [0.15, 0.2) is 0 Å². The molecule has 0 atom stereocenters. The van der Waals surface area contributed by atoms with E-state index in [1.807, 2.05) is 30.3 Å². The Labute approximate surface area is 243 Å². The van der Waals surface area contributed by atoms with Gasteiger partial charge in [0.1, 0.15) is 0 Å². The molecule has 5 rings (SSSR count). The first-order valence-corrected chi connectivity index (χ1v) is 14.0. The number of ether oxygens (including phenoxy) is 2. The van der Waals surface area contributed by atoms with Crippen LogP contribution >= 0.6 is 23.2 Å². The second-order valence-corrected chi connectivity index (χ2v) is 10.6. The molecule has 8 nitrogen and oxygen atoms in total. The van der Waals surface area contributed by atoms with Crippen molar-refractivity contribution in [1.29, 1.82) is 0 Å². The van der Waals surface area contributed by atoms with Crippen molar-refractivity contribution < 1.29 is 19.1 Å². The summed E-state index contributed by atoms with van der Waals surface area (Å²) in [5.74, 6) is 4.79. The Kier molecular flexibility index (Phi) is 9.08. The summed E-state index contributed by atoms with van der Waals surface area (Å²) in [5.41, 5.74) is 5.10. The number of rotatable bonds is 5. The molecule has 0 aliphatic carbocycles. The minimum Gasteiger partial charge on any atom is -0.462 e. The van der Waals surface area contributed by atoms with E-state index in [1.165, 1.54) is 12.0 Å². The quantitative estimate of drug-likeness (QED) is 0.257. The molecule has 1 saturated heterocycles. The van der Waals surface area contributed by atoms with Gasteiger partial charge in [-0.15, -0.1) is 0 Å². The van der Waals surface area contributed by atoms with Crippen molar-refractivity contribution in [3.8, 4) is 23.1 Å². The number of morpholine rings is 1. The number of hydrogen-bond donors (Lipinski definition) is 0. The summed E-state index contributed by atoms with van der Waals surface area (Å²) < 4.78 is 12.2. The monoisotopic (exact) mass is 580 g/mol. The van der Waals surface area contributed by atoms with Crippen LogP contribution < -0.4 is 0 Å². The van der Waals surface area contributed by atoms with Crippen molar-refractivity contribution >= 4 is 35.1 Å². The normalized spacial score (nSPS) is 15.2. The van der Waals surface area contributed by atoms with Gasteiger partial charge in [-0.05, 0) is 42.8 Å². The van der Waals surface area contributed by atoms with E-state index in [0.29, 0.717) is 28.6 Å². The fourth-order valence-corrected chi connectivity index (χ4v) is 5.30. The highest BCUT2D eigenvalue weighted by molar-refractivity contribution is 6.32.